The third-order valence-corrected chi connectivity index (χ3v) is 3.95. The molecule has 0 spiro atoms. The number of rotatable bonds is 7. The summed E-state index contributed by atoms with van der Waals surface area (Å²) in [5.74, 6) is 0.0272. The minimum atomic E-state index is -1.08. The first-order valence-corrected chi connectivity index (χ1v) is 6.39. The van der Waals surface area contributed by atoms with Gasteiger partial charge >= 0.3 is 29.6 Å². The Morgan fingerprint density at radius 3 is 2.47 bits per heavy atom. The van der Waals surface area contributed by atoms with Crippen molar-refractivity contribution in [2.24, 2.45) is 17.3 Å². The van der Waals surface area contributed by atoms with Crippen molar-refractivity contribution >= 4 is 5.97 Å². The van der Waals surface area contributed by atoms with Crippen molar-refractivity contribution in [3.8, 4) is 0 Å². The third-order valence-electron chi connectivity index (χ3n) is 3.95. The third kappa shape index (κ3) is 5.15. The van der Waals surface area contributed by atoms with Crippen LogP contribution in [0.3, 0.4) is 0 Å². The van der Waals surface area contributed by atoms with Crippen molar-refractivity contribution in [1.82, 2.24) is 0 Å². The van der Waals surface area contributed by atoms with Crippen LogP contribution in [0.5, 0.6) is 0 Å². The normalized spacial score (nSPS) is 25.6. The molecule has 0 saturated heterocycles. The van der Waals surface area contributed by atoms with Gasteiger partial charge in [-0.25, -0.2) is 0 Å². The van der Waals surface area contributed by atoms with E-state index >= 15 is 0 Å². The predicted octanol–water partition coefficient (Wildman–Crippen LogP) is -0.461. The Balaban J connectivity index is 0.00000256. The summed E-state index contributed by atoms with van der Waals surface area (Å²) in [6.45, 7) is 6.66. The largest absolute Gasteiger partial charge is 1.00 e. The second-order valence-electron chi connectivity index (χ2n) is 5.48. The smallest absolute Gasteiger partial charge is 0.545 e. The summed E-state index contributed by atoms with van der Waals surface area (Å²) in [6.07, 6.45) is 9.40. The zero-order chi connectivity index (χ0) is 12.2. The van der Waals surface area contributed by atoms with Gasteiger partial charge in [-0.2, -0.15) is 0 Å². The molecule has 1 aliphatic rings. The molecule has 0 aromatic heterocycles. The van der Waals surface area contributed by atoms with Crippen molar-refractivity contribution in [3.63, 3.8) is 0 Å². The summed E-state index contributed by atoms with van der Waals surface area (Å²) in [6, 6.07) is 0. The van der Waals surface area contributed by atoms with Gasteiger partial charge in [-0.15, -0.1) is 0 Å². The van der Waals surface area contributed by atoms with E-state index in [4.69, 9.17) is 0 Å². The van der Waals surface area contributed by atoms with Gasteiger partial charge < -0.3 is 9.90 Å². The van der Waals surface area contributed by atoms with E-state index in [0.717, 1.165) is 0 Å². The first-order valence-electron chi connectivity index (χ1n) is 6.39. The van der Waals surface area contributed by atoms with Crippen molar-refractivity contribution < 1.29 is 39.5 Å². The average molecular weight is 246 g/mol. The van der Waals surface area contributed by atoms with Gasteiger partial charge in [-0.1, -0.05) is 52.5 Å². The molecule has 0 bridgehead atoms. The Bertz CT molecular complexity index is 271. The standard InChI is InChI=1S/C14H24O2.Na/c1-4-5-6-7-8-11-12(14(11,2)3)9-10-13(15)16;/h9-12H,4-8H2,1-3H3,(H,15,16);/q;+1/p-1/b10-9+;. The van der Waals surface area contributed by atoms with Crippen LogP contribution in [0.1, 0.15) is 52.9 Å². The number of unbranched alkanes of at least 4 members (excludes halogenated alkanes) is 3. The van der Waals surface area contributed by atoms with Gasteiger partial charge in [0, 0.05) is 0 Å². The van der Waals surface area contributed by atoms with Crippen LogP contribution < -0.4 is 34.7 Å². The quantitative estimate of drug-likeness (QED) is 0.346. The van der Waals surface area contributed by atoms with Crippen molar-refractivity contribution in [3.05, 3.63) is 12.2 Å². The van der Waals surface area contributed by atoms with E-state index in [9.17, 15) is 9.90 Å². The van der Waals surface area contributed by atoms with Crippen LogP contribution >= 0.6 is 0 Å². The molecule has 1 fully saturated rings. The first-order chi connectivity index (χ1) is 7.50. The van der Waals surface area contributed by atoms with Crippen LogP contribution in [-0.2, 0) is 4.79 Å². The van der Waals surface area contributed by atoms with E-state index in [0.29, 0.717) is 11.8 Å². The topological polar surface area (TPSA) is 40.1 Å². The van der Waals surface area contributed by atoms with E-state index < -0.39 is 5.97 Å². The molecule has 0 amide bonds. The SMILES string of the molecule is CCCCCCC1C(/C=C/C(=O)[O-])C1(C)C.[Na+]. The first kappa shape index (κ1) is 17.2. The monoisotopic (exact) mass is 246 g/mol. The van der Waals surface area contributed by atoms with Crippen molar-refractivity contribution in [2.45, 2.75) is 52.9 Å². The Hall–Kier alpha value is 0.210. The molecule has 1 aliphatic carbocycles. The van der Waals surface area contributed by atoms with Crippen LogP contribution in [0, 0.1) is 17.3 Å². The van der Waals surface area contributed by atoms with Crippen LogP contribution in [0.15, 0.2) is 12.2 Å². The fourth-order valence-electron chi connectivity index (χ4n) is 2.69. The van der Waals surface area contributed by atoms with E-state index in [1.807, 2.05) is 6.08 Å². The average Bonchev–Trinajstić information content (AvgIpc) is 2.72. The summed E-state index contributed by atoms with van der Waals surface area (Å²) < 4.78 is 0. The predicted molar refractivity (Wildman–Crippen MR) is 63.7 cm³/mol. The van der Waals surface area contributed by atoms with Gasteiger partial charge in [0.15, 0.2) is 0 Å². The number of allylic oxidation sites excluding steroid dienone is 1. The number of carbonyl (C=O) groups excluding carboxylic acids is 1. The van der Waals surface area contributed by atoms with E-state index in [1.165, 1.54) is 38.2 Å². The van der Waals surface area contributed by atoms with Gasteiger partial charge in [0.25, 0.3) is 0 Å². The Labute approximate surface area is 127 Å². The number of hydrogen-bond acceptors (Lipinski definition) is 2. The van der Waals surface area contributed by atoms with Gasteiger partial charge in [0.1, 0.15) is 0 Å². The summed E-state index contributed by atoms with van der Waals surface area (Å²) in [4.78, 5) is 10.4. The molecule has 0 aliphatic heterocycles. The zero-order valence-electron chi connectivity index (χ0n) is 11.7. The molecule has 0 radical (unpaired) electrons. The molecule has 0 N–H and O–H groups in total. The number of aliphatic carboxylic acids is 1. The fraction of sp³-hybridized carbons (Fsp3) is 0.786. The zero-order valence-corrected chi connectivity index (χ0v) is 13.7. The maximum atomic E-state index is 10.4. The number of carbonyl (C=O) groups is 1. The van der Waals surface area contributed by atoms with Crippen LogP contribution in [0.25, 0.3) is 0 Å². The molecule has 92 valence electrons. The maximum absolute atomic E-state index is 10.4. The Morgan fingerprint density at radius 2 is 1.94 bits per heavy atom. The Kier molecular flexibility index (Phi) is 7.70. The van der Waals surface area contributed by atoms with Crippen molar-refractivity contribution in [1.29, 1.82) is 0 Å². The molecule has 0 heterocycles. The summed E-state index contributed by atoms with van der Waals surface area (Å²) in [7, 11) is 0. The molecule has 0 aromatic carbocycles. The molecule has 2 nitrogen and oxygen atoms in total. The van der Waals surface area contributed by atoms with Crippen molar-refractivity contribution in [2.75, 3.05) is 0 Å². The van der Waals surface area contributed by atoms with E-state index in [-0.39, 0.29) is 35.0 Å². The number of carboxylic acids is 1. The second kappa shape index (κ2) is 7.60. The summed E-state index contributed by atoms with van der Waals surface area (Å²) >= 11 is 0. The van der Waals surface area contributed by atoms with Gasteiger partial charge in [0.05, 0.1) is 5.97 Å². The van der Waals surface area contributed by atoms with Gasteiger partial charge in [-0.05, 0) is 29.7 Å². The molecule has 1 saturated carbocycles. The molecular weight excluding hydrogens is 223 g/mol. The van der Waals surface area contributed by atoms with Crippen LogP contribution in [0.4, 0.5) is 0 Å². The molecule has 2 atom stereocenters. The van der Waals surface area contributed by atoms with Gasteiger partial charge in [0.2, 0.25) is 0 Å². The van der Waals surface area contributed by atoms with E-state index in [1.54, 1.807) is 0 Å². The number of hydrogen-bond donors (Lipinski definition) is 0. The molecule has 0 aromatic rings. The summed E-state index contributed by atoms with van der Waals surface area (Å²) in [5.41, 5.74) is 0.290. The molecular formula is C14H23NaO2. The second-order valence-corrected chi connectivity index (χ2v) is 5.48. The van der Waals surface area contributed by atoms with Crippen LogP contribution in [-0.4, -0.2) is 5.97 Å². The minimum absolute atomic E-state index is 0. The summed E-state index contributed by atoms with van der Waals surface area (Å²) in [5, 5.41) is 10.4. The van der Waals surface area contributed by atoms with Gasteiger partial charge in [-0.3, -0.25) is 0 Å². The molecule has 2 unspecified atom stereocenters. The fourth-order valence-corrected chi connectivity index (χ4v) is 2.69. The minimum Gasteiger partial charge on any atom is -0.545 e. The van der Waals surface area contributed by atoms with E-state index in [2.05, 4.69) is 20.8 Å². The molecule has 1 rings (SSSR count). The van der Waals surface area contributed by atoms with Crippen LogP contribution in [0.2, 0.25) is 0 Å². The molecule has 17 heavy (non-hydrogen) atoms. The molecule has 3 heteroatoms. The Morgan fingerprint density at radius 1 is 1.29 bits per heavy atom. The number of carboxylic acid groups (broad SMARTS) is 1. The maximum Gasteiger partial charge on any atom is 1.00 e.